The van der Waals surface area contributed by atoms with Crippen molar-refractivity contribution < 1.29 is 0 Å². The van der Waals surface area contributed by atoms with Crippen molar-refractivity contribution in [2.75, 3.05) is 0 Å². The lowest BCUT2D eigenvalue weighted by molar-refractivity contribution is 0.590. The van der Waals surface area contributed by atoms with Crippen molar-refractivity contribution in [2.24, 2.45) is 0 Å². The number of aromatic nitrogens is 3. The van der Waals surface area contributed by atoms with E-state index in [1.165, 1.54) is 127 Å². The van der Waals surface area contributed by atoms with E-state index in [0.717, 1.165) is 61.2 Å². The molecule has 5 heteroatoms. The molecule has 1 heterocycles. The fraction of sp³-hybridized carbons (Fsp3) is 0.187. The van der Waals surface area contributed by atoms with E-state index in [2.05, 4.69) is 411 Å². The van der Waals surface area contributed by atoms with Crippen LogP contribution in [-0.4, -0.2) is 28.4 Å². The van der Waals surface area contributed by atoms with Crippen LogP contribution in [0.15, 0.2) is 287 Å². The summed E-state index contributed by atoms with van der Waals surface area (Å²) in [6.45, 7) is 52.7. The van der Waals surface area contributed by atoms with Crippen LogP contribution in [0.4, 0.5) is 0 Å². The number of benzene rings is 13. The second-order valence-electron chi connectivity index (χ2n) is 32.7. The third kappa shape index (κ3) is 17.8. The zero-order valence-corrected chi connectivity index (χ0v) is 69.3. The Kier molecular flexibility index (Phi) is 24.4. The van der Waals surface area contributed by atoms with Crippen LogP contribution >= 0.6 is 0 Å². The average molecular weight is 1460 g/mol. The standard InChI is InChI=1S/C49H45N3.C32H33B.C26H29B/c1-8-33-18-20-34(21-19-33)37-12-9-15-40(30-37)45-50-46(41-16-10-13-38(31-41)35-22-26-43(27-23-35)48(2,3)4)52-47(51-45)42-17-11-14-39(32-42)36-24-28-44(29-25-36)49(5,6)7;1-8-27-15-17-28(18-16-27)29-19-25(6)32(26(7)20-29)33(30-21(2)11-9-12-22(30)3)31-23(4)13-10-14-24(31)5;1-8-23-15-21(6)26(22(7)16-23)27(24-17(2)11-9-12-18(24)3)25-19(4)13-10-14-20(25)5/h8-32H,1H2,2-7H3;8-20H,1H2,2-7H3;8-16H,1H2,2-7H3. The zero-order chi connectivity index (χ0) is 79.9. The number of hydrogen-bond donors (Lipinski definition) is 0. The summed E-state index contributed by atoms with van der Waals surface area (Å²) in [5, 5.41) is 0. The van der Waals surface area contributed by atoms with Gasteiger partial charge >= 0.3 is 0 Å². The second kappa shape index (κ2) is 34.2. The SMILES string of the molecule is C=Cc1cc(C)c(B(c2c(C)cccc2C)c2c(C)cccc2C)c(C)c1.C=Cc1ccc(-c2cc(C)c(B(c3c(C)cccc3C)c3c(C)cccc3C)c(C)c2)cc1.C=Cc1ccc(-c2cccc(-c3nc(-c4cccc(-c5ccc(C(C)(C)C)cc5)c4)nc(-c4cccc(-c5ccc(C(C)(C)C)cc5)c4)n3)c2)cc1. The molecule has 556 valence electrons. The largest absolute Gasteiger partial charge is 0.243 e. The lowest BCUT2D eigenvalue weighted by atomic mass is 9.33. The van der Waals surface area contributed by atoms with Gasteiger partial charge in [0.15, 0.2) is 17.5 Å². The van der Waals surface area contributed by atoms with Crippen LogP contribution in [0.3, 0.4) is 0 Å². The predicted octanol–water partition coefficient (Wildman–Crippen LogP) is 24.2. The number of aryl methyl sites for hydroxylation is 12. The summed E-state index contributed by atoms with van der Waals surface area (Å²) < 4.78 is 0. The highest BCUT2D eigenvalue weighted by Gasteiger charge is 2.33. The summed E-state index contributed by atoms with van der Waals surface area (Å²) in [7, 11) is 0. The van der Waals surface area contributed by atoms with Crippen molar-refractivity contribution in [3.8, 4) is 78.7 Å². The van der Waals surface area contributed by atoms with Gasteiger partial charge in [0, 0.05) is 16.7 Å². The van der Waals surface area contributed by atoms with Gasteiger partial charge in [-0.2, -0.15) is 0 Å². The molecule has 0 atom stereocenters. The summed E-state index contributed by atoms with van der Waals surface area (Å²) in [6.07, 6.45) is 5.69. The topological polar surface area (TPSA) is 38.7 Å². The van der Waals surface area contributed by atoms with Gasteiger partial charge in [0.2, 0.25) is 13.4 Å². The van der Waals surface area contributed by atoms with Crippen LogP contribution < -0.4 is 32.8 Å². The number of rotatable bonds is 16. The Morgan fingerprint density at radius 3 is 0.679 bits per heavy atom. The molecular formula is C107H107B2N3. The Balaban J connectivity index is 0.000000167. The molecule has 0 radical (unpaired) electrons. The zero-order valence-electron chi connectivity index (χ0n) is 69.3. The van der Waals surface area contributed by atoms with E-state index in [-0.39, 0.29) is 24.3 Å². The minimum atomic E-state index is 0.0948. The van der Waals surface area contributed by atoms with E-state index in [4.69, 9.17) is 15.0 Å². The van der Waals surface area contributed by atoms with E-state index < -0.39 is 0 Å². The number of hydrogen-bond acceptors (Lipinski definition) is 3. The molecule has 0 fully saturated rings. The Morgan fingerprint density at radius 2 is 0.429 bits per heavy atom. The summed E-state index contributed by atoms with van der Waals surface area (Å²) in [6, 6.07) is 96.1. The quantitative estimate of drug-likeness (QED) is 0.0905. The molecule has 14 rings (SSSR count). The van der Waals surface area contributed by atoms with Gasteiger partial charge in [-0.05, 0) is 184 Å². The number of nitrogens with zero attached hydrogens (tertiary/aromatic N) is 3. The molecule has 1 aromatic heterocycles. The summed E-state index contributed by atoms with van der Waals surface area (Å²) in [5.41, 5.74) is 43.1. The first kappa shape index (κ1) is 79.8. The highest BCUT2D eigenvalue weighted by atomic mass is 15.0. The van der Waals surface area contributed by atoms with Gasteiger partial charge in [-0.3, -0.25) is 0 Å². The van der Waals surface area contributed by atoms with Crippen LogP contribution in [-0.2, 0) is 10.8 Å². The first-order valence-corrected chi connectivity index (χ1v) is 39.4. The summed E-state index contributed by atoms with van der Waals surface area (Å²) in [5.74, 6) is 1.90. The molecule has 0 saturated heterocycles. The minimum Gasteiger partial charge on any atom is -0.208 e. The van der Waals surface area contributed by atoms with Crippen LogP contribution in [0.2, 0.25) is 0 Å². The van der Waals surface area contributed by atoms with E-state index in [1.54, 1.807) is 0 Å². The molecule has 0 unspecified atom stereocenters. The molecule has 0 aliphatic heterocycles. The van der Waals surface area contributed by atoms with E-state index >= 15 is 0 Å². The van der Waals surface area contributed by atoms with Crippen molar-refractivity contribution in [3.05, 3.63) is 381 Å². The van der Waals surface area contributed by atoms with Crippen LogP contribution in [0.25, 0.3) is 96.9 Å². The van der Waals surface area contributed by atoms with Crippen molar-refractivity contribution >= 4 is 64.4 Å². The Labute approximate surface area is 670 Å². The Morgan fingerprint density at radius 1 is 0.214 bits per heavy atom. The molecule has 0 bridgehead atoms. The molecule has 0 spiro atoms. The molecule has 0 aliphatic rings. The maximum absolute atomic E-state index is 5.13. The van der Waals surface area contributed by atoms with Gasteiger partial charge in [0.1, 0.15) is 0 Å². The highest BCUT2D eigenvalue weighted by molar-refractivity contribution is 6.97. The first-order chi connectivity index (χ1) is 53.6. The molecule has 13 aromatic carbocycles. The van der Waals surface area contributed by atoms with Gasteiger partial charge in [-0.1, -0.05) is 428 Å². The third-order valence-corrected chi connectivity index (χ3v) is 22.5. The normalized spacial score (nSPS) is 11.2. The first-order valence-electron chi connectivity index (χ1n) is 39.4. The van der Waals surface area contributed by atoms with E-state index in [1.807, 2.05) is 18.2 Å². The van der Waals surface area contributed by atoms with Gasteiger partial charge < -0.3 is 0 Å². The molecule has 3 nitrogen and oxygen atoms in total. The second-order valence-corrected chi connectivity index (χ2v) is 32.7. The van der Waals surface area contributed by atoms with Crippen molar-refractivity contribution in [1.82, 2.24) is 15.0 Å². The van der Waals surface area contributed by atoms with E-state index in [0.29, 0.717) is 17.5 Å². The fourth-order valence-electron chi connectivity index (χ4n) is 16.4. The van der Waals surface area contributed by atoms with E-state index in [9.17, 15) is 0 Å². The van der Waals surface area contributed by atoms with Crippen molar-refractivity contribution in [1.29, 1.82) is 0 Å². The summed E-state index contributed by atoms with van der Waals surface area (Å²) >= 11 is 0. The average Bonchev–Trinajstić information content (AvgIpc) is 0.762. The third-order valence-electron chi connectivity index (χ3n) is 22.5. The van der Waals surface area contributed by atoms with Gasteiger partial charge in [0.25, 0.3) is 0 Å². The molecule has 0 aliphatic carbocycles. The van der Waals surface area contributed by atoms with Gasteiger partial charge in [-0.25, -0.2) is 15.0 Å². The maximum atomic E-state index is 5.13. The molecule has 14 aromatic rings. The van der Waals surface area contributed by atoms with Gasteiger partial charge in [0.05, 0.1) is 0 Å². The molecule has 0 saturated carbocycles. The maximum Gasteiger partial charge on any atom is 0.243 e. The summed E-state index contributed by atoms with van der Waals surface area (Å²) in [4.78, 5) is 15.4. The van der Waals surface area contributed by atoms with Crippen LogP contribution in [0.5, 0.6) is 0 Å². The fourth-order valence-corrected chi connectivity index (χ4v) is 16.4. The minimum absolute atomic E-state index is 0.0948. The lowest BCUT2D eigenvalue weighted by Gasteiger charge is -2.27. The molecule has 0 amide bonds. The lowest BCUT2D eigenvalue weighted by Crippen LogP contribution is -2.57. The smallest absolute Gasteiger partial charge is 0.208 e. The van der Waals surface area contributed by atoms with Crippen LogP contribution in [0, 0.1) is 83.1 Å². The highest BCUT2D eigenvalue weighted by Crippen LogP contribution is 2.35. The van der Waals surface area contributed by atoms with Gasteiger partial charge in [-0.15, -0.1) is 0 Å². The molecular weight excluding hydrogens is 1350 g/mol. The van der Waals surface area contributed by atoms with Crippen molar-refractivity contribution in [2.45, 2.75) is 135 Å². The molecule has 0 N–H and O–H groups in total. The predicted molar refractivity (Wildman–Crippen MR) is 490 cm³/mol. The Hall–Kier alpha value is -11.8. The molecule has 112 heavy (non-hydrogen) atoms. The van der Waals surface area contributed by atoms with Crippen LogP contribution in [0.1, 0.15) is 136 Å². The van der Waals surface area contributed by atoms with Crippen molar-refractivity contribution in [3.63, 3.8) is 0 Å². The monoisotopic (exact) mass is 1460 g/mol. The Bertz CT molecular complexity index is 5430.